The van der Waals surface area contributed by atoms with Crippen LogP contribution in [0.5, 0.6) is 0 Å². The Balaban J connectivity index is 2.36. The van der Waals surface area contributed by atoms with Crippen molar-refractivity contribution in [2.45, 2.75) is 6.92 Å². The van der Waals surface area contributed by atoms with Gasteiger partial charge in [-0.1, -0.05) is 12.1 Å². The second-order valence-electron chi connectivity index (χ2n) is 3.59. The van der Waals surface area contributed by atoms with E-state index in [0.717, 1.165) is 0 Å². The third-order valence-corrected chi connectivity index (χ3v) is 2.34. The van der Waals surface area contributed by atoms with Gasteiger partial charge in [0.25, 0.3) is 0 Å². The van der Waals surface area contributed by atoms with Gasteiger partial charge in [0.05, 0.1) is 5.69 Å². The fourth-order valence-corrected chi connectivity index (χ4v) is 1.43. The zero-order chi connectivity index (χ0) is 12.4. The Bertz CT molecular complexity index is 573. The third-order valence-electron chi connectivity index (χ3n) is 2.34. The fraction of sp³-hybridized carbons (Fsp3) is 0.182. The first-order valence-corrected chi connectivity index (χ1v) is 5.05. The van der Waals surface area contributed by atoms with Crippen molar-refractivity contribution in [3.63, 3.8) is 0 Å². The average molecular weight is 233 g/mol. The van der Waals surface area contributed by atoms with Crippen molar-refractivity contribution >= 4 is 17.2 Å². The highest BCUT2D eigenvalue weighted by Gasteiger charge is 2.09. The van der Waals surface area contributed by atoms with Crippen LogP contribution in [0.1, 0.15) is 5.69 Å². The SMILES string of the molecule is Cc1nn(C)c(N)c1N=Nc1ccccc1F. The summed E-state index contributed by atoms with van der Waals surface area (Å²) in [5, 5.41) is 11.9. The van der Waals surface area contributed by atoms with Crippen LogP contribution < -0.4 is 5.73 Å². The van der Waals surface area contributed by atoms with E-state index >= 15 is 0 Å². The van der Waals surface area contributed by atoms with Crippen LogP contribution >= 0.6 is 0 Å². The van der Waals surface area contributed by atoms with Crippen molar-refractivity contribution in [2.24, 2.45) is 17.3 Å². The van der Waals surface area contributed by atoms with Gasteiger partial charge in [0.1, 0.15) is 11.5 Å². The minimum Gasteiger partial charge on any atom is -0.382 e. The molecule has 0 unspecified atom stereocenters. The Labute approximate surface area is 97.8 Å². The van der Waals surface area contributed by atoms with Gasteiger partial charge in [0, 0.05) is 7.05 Å². The minimum atomic E-state index is -0.420. The third kappa shape index (κ3) is 2.15. The first-order chi connectivity index (χ1) is 8.09. The normalized spacial score (nSPS) is 11.2. The Morgan fingerprint density at radius 3 is 2.59 bits per heavy atom. The lowest BCUT2D eigenvalue weighted by atomic mass is 10.3. The quantitative estimate of drug-likeness (QED) is 0.810. The lowest BCUT2D eigenvalue weighted by Crippen LogP contribution is -1.96. The number of aromatic nitrogens is 2. The number of nitrogen functional groups attached to an aromatic ring is 1. The lowest BCUT2D eigenvalue weighted by Gasteiger charge is -1.95. The molecule has 2 rings (SSSR count). The number of nitrogens with zero attached hydrogens (tertiary/aromatic N) is 4. The van der Waals surface area contributed by atoms with Crippen LogP contribution in [0.3, 0.4) is 0 Å². The molecular weight excluding hydrogens is 221 g/mol. The van der Waals surface area contributed by atoms with E-state index < -0.39 is 5.82 Å². The Hall–Kier alpha value is -2.24. The smallest absolute Gasteiger partial charge is 0.150 e. The van der Waals surface area contributed by atoms with E-state index in [0.29, 0.717) is 17.2 Å². The second-order valence-corrected chi connectivity index (χ2v) is 3.59. The van der Waals surface area contributed by atoms with Crippen LogP contribution in [0.15, 0.2) is 34.5 Å². The minimum absolute atomic E-state index is 0.176. The van der Waals surface area contributed by atoms with Crippen molar-refractivity contribution in [1.29, 1.82) is 0 Å². The van der Waals surface area contributed by atoms with Crippen molar-refractivity contribution in [3.8, 4) is 0 Å². The van der Waals surface area contributed by atoms with Gasteiger partial charge in [-0.25, -0.2) is 4.39 Å². The topological polar surface area (TPSA) is 68.6 Å². The van der Waals surface area contributed by atoms with E-state index in [9.17, 15) is 4.39 Å². The molecule has 0 saturated heterocycles. The van der Waals surface area contributed by atoms with Gasteiger partial charge >= 0.3 is 0 Å². The van der Waals surface area contributed by atoms with E-state index in [2.05, 4.69) is 15.3 Å². The summed E-state index contributed by atoms with van der Waals surface area (Å²) in [5.74, 6) is -0.0149. The lowest BCUT2D eigenvalue weighted by molar-refractivity contribution is 0.628. The molecule has 0 amide bonds. The molecule has 0 aliphatic carbocycles. The standard InChI is InChI=1S/C11H12FN5/c1-7-10(11(13)17(2)16-7)15-14-9-6-4-3-5-8(9)12/h3-6H,13H2,1-2H3. The molecule has 0 aliphatic rings. The molecule has 0 atom stereocenters. The van der Waals surface area contributed by atoms with Crippen LogP contribution in [-0.2, 0) is 7.05 Å². The Kier molecular flexibility index (Phi) is 2.86. The van der Waals surface area contributed by atoms with Gasteiger partial charge in [-0.05, 0) is 19.1 Å². The number of anilines is 1. The summed E-state index contributed by atoms with van der Waals surface area (Å²) in [7, 11) is 1.71. The van der Waals surface area contributed by atoms with Gasteiger partial charge < -0.3 is 5.73 Å². The second kappa shape index (κ2) is 4.32. The molecule has 5 nitrogen and oxygen atoms in total. The van der Waals surface area contributed by atoms with Crippen LogP contribution in [0.2, 0.25) is 0 Å². The van der Waals surface area contributed by atoms with Crippen LogP contribution in [0.4, 0.5) is 21.6 Å². The van der Waals surface area contributed by atoms with Crippen LogP contribution in [0.25, 0.3) is 0 Å². The summed E-state index contributed by atoms with van der Waals surface area (Å²) in [4.78, 5) is 0. The number of nitrogens with two attached hydrogens (primary N) is 1. The number of hydrogen-bond donors (Lipinski definition) is 1. The zero-order valence-corrected chi connectivity index (χ0v) is 9.55. The van der Waals surface area contributed by atoms with Gasteiger partial charge in [-0.15, -0.1) is 10.2 Å². The molecular formula is C11H12FN5. The first kappa shape index (κ1) is 11.3. The summed E-state index contributed by atoms with van der Waals surface area (Å²) in [6.07, 6.45) is 0. The van der Waals surface area contributed by atoms with Gasteiger partial charge in [0.2, 0.25) is 0 Å². The molecule has 88 valence electrons. The molecule has 2 N–H and O–H groups in total. The molecule has 1 aromatic carbocycles. The molecule has 0 saturated carbocycles. The monoisotopic (exact) mass is 233 g/mol. The zero-order valence-electron chi connectivity index (χ0n) is 9.55. The molecule has 0 aliphatic heterocycles. The van der Waals surface area contributed by atoms with Crippen molar-refractivity contribution in [3.05, 3.63) is 35.8 Å². The van der Waals surface area contributed by atoms with Crippen LogP contribution in [0, 0.1) is 12.7 Å². The van der Waals surface area contributed by atoms with Gasteiger partial charge in [0.15, 0.2) is 11.5 Å². The summed E-state index contributed by atoms with van der Waals surface area (Å²) in [6.45, 7) is 1.77. The number of rotatable bonds is 2. The summed E-state index contributed by atoms with van der Waals surface area (Å²) < 4.78 is 14.8. The molecule has 0 bridgehead atoms. The molecule has 6 heteroatoms. The summed E-state index contributed by atoms with van der Waals surface area (Å²) >= 11 is 0. The molecule has 17 heavy (non-hydrogen) atoms. The molecule has 0 spiro atoms. The number of benzene rings is 1. The predicted octanol–water partition coefficient (Wildman–Crippen LogP) is 2.87. The van der Waals surface area contributed by atoms with Crippen LogP contribution in [-0.4, -0.2) is 9.78 Å². The summed E-state index contributed by atoms with van der Waals surface area (Å²) in [6, 6.07) is 6.16. The van der Waals surface area contributed by atoms with Gasteiger partial charge in [-0.3, -0.25) is 4.68 Å². The van der Waals surface area contributed by atoms with Crippen molar-refractivity contribution in [2.75, 3.05) is 5.73 Å². The molecule has 0 fully saturated rings. The largest absolute Gasteiger partial charge is 0.382 e. The highest BCUT2D eigenvalue weighted by molar-refractivity contribution is 5.60. The Morgan fingerprint density at radius 1 is 1.29 bits per heavy atom. The van der Waals surface area contributed by atoms with Crippen molar-refractivity contribution in [1.82, 2.24) is 9.78 Å². The highest BCUT2D eigenvalue weighted by Crippen LogP contribution is 2.28. The highest BCUT2D eigenvalue weighted by atomic mass is 19.1. The maximum absolute atomic E-state index is 13.3. The average Bonchev–Trinajstić information content (AvgIpc) is 2.53. The van der Waals surface area contributed by atoms with E-state index in [1.807, 2.05) is 0 Å². The predicted molar refractivity (Wildman–Crippen MR) is 62.9 cm³/mol. The summed E-state index contributed by atoms with van der Waals surface area (Å²) in [5.41, 5.74) is 7.06. The fourth-order valence-electron chi connectivity index (χ4n) is 1.43. The van der Waals surface area contributed by atoms with E-state index in [4.69, 9.17) is 5.73 Å². The Morgan fingerprint density at radius 2 is 2.00 bits per heavy atom. The van der Waals surface area contributed by atoms with E-state index in [1.54, 1.807) is 32.2 Å². The number of hydrogen-bond acceptors (Lipinski definition) is 4. The number of aryl methyl sites for hydroxylation is 2. The molecule has 0 radical (unpaired) electrons. The first-order valence-electron chi connectivity index (χ1n) is 5.05. The van der Waals surface area contributed by atoms with E-state index in [1.165, 1.54) is 10.7 Å². The van der Waals surface area contributed by atoms with E-state index in [-0.39, 0.29) is 5.69 Å². The maximum Gasteiger partial charge on any atom is 0.150 e. The molecule has 2 aromatic rings. The molecule has 1 aromatic heterocycles. The van der Waals surface area contributed by atoms with Gasteiger partial charge in [-0.2, -0.15) is 5.10 Å². The maximum atomic E-state index is 13.3. The number of halogens is 1. The van der Waals surface area contributed by atoms with Crippen molar-refractivity contribution < 1.29 is 4.39 Å². The molecule has 1 heterocycles. The number of azo groups is 1.